The molecule has 0 spiro atoms. The Bertz CT molecular complexity index is 788. The van der Waals surface area contributed by atoms with E-state index in [1.54, 1.807) is 0 Å². The lowest BCUT2D eigenvalue weighted by Gasteiger charge is -2.34. The molecule has 0 unspecified atom stereocenters. The molecule has 0 atom stereocenters. The lowest BCUT2D eigenvalue weighted by Crippen LogP contribution is -2.50. The van der Waals surface area contributed by atoms with E-state index in [1.165, 1.54) is 11.3 Å². The van der Waals surface area contributed by atoms with Crippen LogP contribution in [0.15, 0.2) is 41.8 Å². The van der Waals surface area contributed by atoms with Gasteiger partial charge in [0.2, 0.25) is 5.91 Å². The van der Waals surface area contributed by atoms with Crippen molar-refractivity contribution in [2.45, 2.75) is 26.2 Å². The summed E-state index contributed by atoms with van der Waals surface area (Å²) in [6.45, 7) is 9.51. The summed E-state index contributed by atoms with van der Waals surface area (Å²) >= 11 is 1.47. The van der Waals surface area contributed by atoms with Crippen LogP contribution >= 0.6 is 11.3 Å². The molecule has 1 aromatic carbocycles. The minimum atomic E-state index is -0.0301. The van der Waals surface area contributed by atoms with Crippen LogP contribution in [0.4, 0.5) is 5.69 Å². The van der Waals surface area contributed by atoms with Crippen LogP contribution < -0.4 is 5.32 Å². The number of thiophene rings is 1. The number of carbonyl (C=O) groups excluding carboxylic acids is 2. The number of carbonyl (C=O) groups is 2. The van der Waals surface area contributed by atoms with Crippen LogP contribution in [0.1, 0.15) is 36.0 Å². The Morgan fingerprint density at radius 2 is 1.74 bits per heavy atom. The van der Waals surface area contributed by atoms with Crippen LogP contribution in [0.5, 0.6) is 0 Å². The summed E-state index contributed by atoms with van der Waals surface area (Å²) in [5, 5.41) is 4.98. The highest BCUT2D eigenvalue weighted by Gasteiger charge is 2.24. The molecule has 1 fully saturated rings. The Morgan fingerprint density at radius 3 is 2.37 bits per heavy atom. The van der Waals surface area contributed by atoms with Gasteiger partial charge in [0.05, 0.1) is 11.4 Å². The highest BCUT2D eigenvalue weighted by atomic mass is 32.1. The summed E-state index contributed by atoms with van der Waals surface area (Å²) < 4.78 is 0. The molecule has 2 amide bonds. The minimum absolute atomic E-state index is 0.00951. The summed E-state index contributed by atoms with van der Waals surface area (Å²) in [6, 6.07) is 11.7. The summed E-state index contributed by atoms with van der Waals surface area (Å²) in [4.78, 5) is 29.7. The molecule has 0 bridgehead atoms. The van der Waals surface area contributed by atoms with Gasteiger partial charge in [-0.1, -0.05) is 45.0 Å². The normalized spacial score (nSPS) is 15.6. The number of nitrogens with one attached hydrogen (secondary N) is 1. The van der Waals surface area contributed by atoms with E-state index in [9.17, 15) is 9.59 Å². The number of rotatable bonds is 4. The fourth-order valence-electron chi connectivity index (χ4n) is 3.30. The van der Waals surface area contributed by atoms with Crippen LogP contribution in [-0.4, -0.2) is 54.3 Å². The Kier molecular flexibility index (Phi) is 5.97. The average molecular weight is 386 g/mol. The maximum absolute atomic E-state index is 12.5. The van der Waals surface area contributed by atoms with Gasteiger partial charge in [0.15, 0.2) is 0 Å². The Balaban J connectivity index is 1.53. The number of anilines is 1. The Hall–Kier alpha value is -2.18. The molecule has 27 heavy (non-hydrogen) atoms. The molecule has 1 aromatic heterocycles. The van der Waals surface area contributed by atoms with Gasteiger partial charge >= 0.3 is 0 Å². The quantitative estimate of drug-likeness (QED) is 0.877. The zero-order valence-electron chi connectivity index (χ0n) is 16.2. The smallest absolute Gasteiger partial charge is 0.264 e. The Morgan fingerprint density at radius 1 is 1.04 bits per heavy atom. The van der Waals surface area contributed by atoms with Crippen LogP contribution in [-0.2, 0) is 10.2 Å². The van der Waals surface area contributed by atoms with Crippen molar-refractivity contribution in [2.24, 2.45) is 0 Å². The molecule has 1 aliphatic heterocycles. The molecular formula is C21H27N3O2S. The second-order valence-corrected chi connectivity index (χ2v) is 8.84. The first-order valence-corrected chi connectivity index (χ1v) is 10.2. The van der Waals surface area contributed by atoms with Gasteiger partial charge in [-0.15, -0.1) is 11.3 Å². The highest BCUT2D eigenvalue weighted by molar-refractivity contribution is 7.12. The van der Waals surface area contributed by atoms with E-state index in [2.05, 4.69) is 37.1 Å². The zero-order valence-corrected chi connectivity index (χ0v) is 17.0. The van der Waals surface area contributed by atoms with Gasteiger partial charge in [-0.05, 0) is 28.5 Å². The van der Waals surface area contributed by atoms with Gasteiger partial charge in [-0.2, -0.15) is 0 Å². The summed E-state index contributed by atoms with van der Waals surface area (Å²) in [6.07, 6.45) is 0. The second-order valence-electron chi connectivity index (χ2n) is 7.89. The molecule has 1 N–H and O–H groups in total. The molecule has 0 saturated carbocycles. The average Bonchev–Trinajstić information content (AvgIpc) is 3.16. The maximum atomic E-state index is 12.5. The standard InChI is InChI=1S/C21H27N3O2S/c1-21(2,3)16-7-4-5-8-17(16)22-19(25)15-23-10-12-24(13-11-23)20(26)18-9-6-14-27-18/h4-9,14H,10-13,15H2,1-3H3,(H,22,25). The molecule has 0 aliphatic carbocycles. The van der Waals surface area contributed by atoms with Gasteiger partial charge in [-0.3, -0.25) is 14.5 Å². The van der Waals surface area contributed by atoms with Crippen molar-refractivity contribution >= 4 is 28.8 Å². The molecule has 5 nitrogen and oxygen atoms in total. The van der Waals surface area contributed by atoms with E-state index in [1.807, 2.05) is 40.6 Å². The lowest BCUT2D eigenvalue weighted by molar-refractivity contribution is -0.117. The first-order chi connectivity index (χ1) is 12.8. The number of piperazine rings is 1. The van der Waals surface area contributed by atoms with Crippen molar-refractivity contribution in [3.8, 4) is 0 Å². The summed E-state index contributed by atoms with van der Waals surface area (Å²) in [7, 11) is 0. The SMILES string of the molecule is CC(C)(C)c1ccccc1NC(=O)CN1CCN(C(=O)c2cccs2)CC1. The van der Waals surface area contributed by atoms with Crippen molar-refractivity contribution in [1.82, 2.24) is 9.80 Å². The summed E-state index contributed by atoms with van der Waals surface area (Å²) in [5.74, 6) is 0.0814. The van der Waals surface area contributed by atoms with Crippen LogP contribution in [0.2, 0.25) is 0 Å². The molecule has 144 valence electrons. The van der Waals surface area contributed by atoms with Crippen molar-refractivity contribution < 1.29 is 9.59 Å². The van der Waals surface area contributed by atoms with Gasteiger partial charge < -0.3 is 10.2 Å². The highest BCUT2D eigenvalue weighted by Crippen LogP contribution is 2.29. The van der Waals surface area contributed by atoms with E-state index in [0.717, 1.165) is 16.1 Å². The van der Waals surface area contributed by atoms with Crippen LogP contribution in [0.3, 0.4) is 0 Å². The van der Waals surface area contributed by atoms with Gasteiger partial charge in [0.1, 0.15) is 0 Å². The molecule has 0 radical (unpaired) electrons. The number of benzene rings is 1. The number of hydrogen-bond donors (Lipinski definition) is 1. The van der Waals surface area contributed by atoms with Gasteiger partial charge in [-0.25, -0.2) is 0 Å². The summed E-state index contributed by atoms with van der Waals surface area (Å²) in [5.41, 5.74) is 1.98. The maximum Gasteiger partial charge on any atom is 0.264 e. The van der Waals surface area contributed by atoms with Gasteiger partial charge in [0, 0.05) is 31.9 Å². The van der Waals surface area contributed by atoms with Crippen molar-refractivity contribution in [3.63, 3.8) is 0 Å². The Labute approximate surface area is 165 Å². The molecule has 3 rings (SSSR count). The van der Waals surface area contributed by atoms with E-state index in [0.29, 0.717) is 32.7 Å². The van der Waals surface area contributed by atoms with E-state index >= 15 is 0 Å². The molecular weight excluding hydrogens is 358 g/mol. The largest absolute Gasteiger partial charge is 0.335 e. The molecule has 1 saturated heterocycles. The van der Waals surface area contributed by atoms with E-state index in [4.69, 9.17) is 0 Å². The zero-order chi connectivity index (χ0) is 19.4. The second kappa shape index (κ2) is 8.23. The molecule has 2 heterocycles. The van der Waals surface area contributed by atoms with Crippen LogP contribution in [0.25, 0.3) is 0 Å². The van der Waals surface area contributed by atoms with Crippen molar-refractivity contribution in [3.05, 3.63) is 52.2 Å². The molecule has 1 aliphatic rings. The number of nitrogens with zero attached hydrogens (tertiary/aromatic N) is 2. The van der Waals surface area contributed by atoms with Crippen molar-refractivity contribution in [1.29, 1.82) is 0 Å². The van der Waals surface area contributed by atoms with Crippen molar-refractivity contribution in [2.75, 3.05) is 38.0 Å². The van der Waals surface area contributed by atoms with E-state index in [-0.39, 0.29) is 17.2 Å². The molecule has 2 aromatic rings. The van der Waals surface area contributed by atoms with E-state index < -0.39 is 0 Å². The monoisotopic (exact) mass is 385 g/mol. The first kappa shape index (κ1) is 19.6. The topological polar surface area (TPSA) is 52.7 Å². The number of para-hydroxylation sites is 1. The third-order valence-corrected chi connectivity index (χ3v) is 5.63. The molecule has 6 heteroatoms. The number of amides is 2. The lowest BCUT2D eigenvalue weighted by atomic mass is 9.86. The third kappa shape index (κ3) is 4.96. The minimum Gasteiger partial charge on any atom is -0.335 e. The predicted molar refractivity (Wildman–Crippen MR) is 110 cm³/mol. The van der Waals surface area contributed by atoms with Crippen LogP contribution in [0, 0.1) is 0 Å². The first-order valence-electron chi connectivity index (χ1n) is 9.29. The predicted octanol–water partition coefficient (Wildman–Crippen LogP) is 3.44. The fraction of sp³-hybridized carbons (Fsp3) is 0.429. The fourth-order valence-corrected chi connectivity index (χ4v) is 3.99. The van der Waals surface area contributed by atoms with Gasteiger partial charge in [0.25, 0.3) is 5.91 Å². The number of hydrogen-bond acceptors (Lipinski definition) is 4. The third-order valence-electron chi connectivity index (χ3n) is 4.77.